The molecule has 0 aliphatic carbocycles. The molecule has 0 aliphatic rings. The van der Waals surface area contributed by atoms with Gasteiger partial charge in [0, 0.05) is 6.54 Å². The molecule has 0 heterocycles. The molecule has 11 nitrogen and oxygen atoms in total. The Morgan fingerprint density at radius 1 is 1.30 bits per heavy atom. The van der Waals surface area contributed by atoms with Crippen LogP contribution in [0.25, 0.3) is 0 Å². The Balaban J connectivity index is 4.46. The second-order valence-corrected chi connectivity index (χ2v) is 6.35. The number of nitrogens with two attached hydrogens (primary N) is 3. The summed E-state index contributed by atoms with van der Waals surface area (Å²) in [6, 6.07) is -2.39. The smallest absolute Gasteiger partial charge is 0.330 e. The van der Waals surface area contributed by atoms with E-state index in [1.54, 1.807) is 0 Å². The Labute approximate surface area is 132 Å². The van der Waals surface area contributed by atoms with Crippen molar-refractivity contribution in [2.45, 2.75) is 24.9 Å². The van der Waals surface area contributed by atoms with Gasteiger partial charge in [-0.1, -0.05) is 12.2 Å². The second kappa shape index (κ2) is 9.95. The van der Waals surface area contributed by atoms with Crippen molar-refractivity contribution < 1.29 is 29.0 Å². The van der Waals surface area contributed by atoms with Gasteiger partial charge in [-0.25, -0.2) is 4.79 Å². The third-order valence-electron chi connectivity index (χ3n) is 2.54. The van der Waals surface area contributed by atoms with E-state index in [9.17, 15) is 14.2 Å². The van der Waals surface area contributed by atoms with Crippen LogP contribution < -0.4 is 22.5 Å². The van der Waals surface area contributed by atoms with Crippen molar-refractivity contribution in [1.82, 2.24) is 5.32 Å². The first-order chi connectivity index (χ1) is 10.5. The minimum atomic E-state index is -4.28. The summed E-state index contributed by atoms with van der Waals surface area (Å²) in [5.41, 5.74) is 15.9. The van der Waals surface area contributed by atoms with Crippen LogP contribution >= 0.6 is 7.60 Å². The average Bonchev–Trinajstić information content (AvgIpc) is 2.40. The quantitative estimate of drug-likeness (QED) is 0.0737. The minimum absolute atomic E-state index is 0.0795. The zero-order valence-electron chi connectivity index (χ0n) is 12.3. The van der Waals surface area contributed by atoms with Crippen LogP contribution in [0.2, 0.25) is 0 Å². The molecule has 0 saturated heterocycles. The number of nitrogens with zero attached hydrogens (tertiary/aromatic N) is 1. The van der Waals surface area contributed by atoms with Crippen molar-refractivity contribution in [2.24, 2.45) is 22.2 Å². The highest BCUT2D eigenvalue weighted by molar-refractivity contribution is 7.51. The molecule has 0 fully saturated rings. The Hall–Kier alpha value is -1.94. The van der Waals surface area contributed by atoms with Gasteiger partial charge >= 0.3 is 13.6 Å². The molecule has 0 radical (unpaired) electrons. The first-order valence-corrected chi connectivity index (χ1v) is 8.38. The third kappa shape index (κ3) is 11.3. The van der Waals surface area contributed by atoms with E-state index in [-0.39, 0.29) is 18.9 Å². The van der Waals surface area contributed by atoms with Gasteiger partial charge in [-0.05, 0) is 12.8 Å². The predicted octanol–water partition coefficient (Wildman–Crippen LogP) is -2.33. The van der Waals surface area contributed by atoms with Gasteiger partial charge in [0.1, 0.15) is 6.04 Å². The lowest BCUT2D eigenvalue weighted by molar-refractivity contribution is -0.140. The minimum Gasteiger partial charge on any atom is -0.479 e. The largest absolute Gasteiger partial charge is 0.479 e. The van der Waals surface area contributed by atoms with Crippen LogP contribution in [0.15, 0.2) is 17.1 Å². The lowest BCUT2D eigenvalue weighted by Gasteiger charge is -2.15. The summed E-state index contributed by atoms with van der Waals surface area (Å²) in [7, 11) is -4.28. The van der Waals surface area contributed by atoms with Crippen LogP contribution in [-0.2, 0) is 14.2 Å². The Morgan fingerprint density at radius 3 is 2.39 bits per heavy atom. The van der Waals surface area contributed by atoms with Crippen molar-refractivity contribution >= 4 is 25.4 Å². The van der Waals surface area contributed by atoms with E-state index < -0.39 is 37.7 Å². The third-order valence-corrected chi connectivity index (χ3v) is 3.23. The van der Waals surface area contributed by atoms with Crippen LogP contribution in [0, 0.1) is 0 Å². The topological polar surface area (TPSA) is 214 Å². The number of guanidine groups is 1. The fourth-order valence-electron chi connectivity index (χ4n) is 1.44. The summed E-state index contributed by atoms with van der Waals surface area (Å²) in [6.07, 6.45) is 2.01. The van der Waals surface area contributed by atoms with E-state index in [0.717, 1.165) is 12.2 Å². The van der Waals surface area contributed by atoms with E-state index >= 15 is 0 Å². The fraction of sp³-hybridized carbons (Fsp3) is 0.545. The molecular formula is C11H22N5O6P. The Kier molecular flexibility index (Phi) is 9.11. The maximum atomic E-state index is 11.8. The number of carboxylic acid groups (broad SMARTS) is 1. The number of rotatable bonds is 10. The SMILES string of the molecule is NC(N)=NCCC[C@H](N)C(=O)NC(/C=C\CP(=O)(O)O)C(=O)O. The Morgan fingerprint density at radius 2 is 1.91 bits per heavy atom. The lowest BCUT2D eigenvalue weighted by atomic mass is 10.1. The summed E-state index contributed by atoms with van der Waals surface area (Å²) in [5.74, 6) is -2.17. The van der Waals surface area contributed by atoms with Gasteiger partial charge in [0.15, 0.2) is 5.96 Å². The average molecular weight is 351 g/mol. The van der Waals surface area contributed by atoms with Gasteiger partial charge in [-0.3, -0.25) is 14.4 Å². The summed E-state index contributed by atoms with van der Waals surface area (Å²) in [5, 5.41) is 11.1. The molecule has 0 rings (SSSR count). The van der Waals surface area contributed by atoms with Gasteiger partial charge < -0.3 is 37.4 Å². The van der Waals surface area contributed by atoms with Gasteiger partial charge in [0.25, 0.3) is 0 Å². The van der Waals surface area contributed by atoms with Gasteiger partial charge in [0.05, 0.1) is 12.2 Å². The van der Waals surface area contributed by atoms with Crippen LogP contribution in [0.3, 0.4) is 0 Å². The molecule has 0 saturated carbocycles. The molecule has 0 spiro atoms. The highest BCUT2D eigenvalue weighted by Gasteiger charge is 2.21. The zero-order valence-corrected chi connectivity index (χ0v) is 13.2. The summed E-state index contributed by atoms with van der Waals surface area (Å²) in [6.45, 7) is 0.286. The predicted molar refractivity (Wildman–Crippen MR) is 83.5 cm³/mol. The number of nitrogens with one attached hydrogen (secondary N) is 1. The first-order valence-electron chi connectivity index (χ1n) is 6.58. The molecule has 1 unspecified atom stereocenters. The number of carboxylic acids is 1. The maximum Gasteiger partial charge on any atom is 0.330 e. The zero-order chi connectivity index (χ0) is 18.0. The summed E-state index contributed by atoms with van der Waals surface area (Å²) in [4.78, 5) is 43.8. The molecule has 1 amide bonds. The standard InChI is InChI=1S/C11H22N5O6P/c12-7(3-1-5-15-11(13)14)9(17)16-8(10(18)19)4-2-6-23(20,21)22/h2,4,7-8H,1,3,5-6,12H2,(H,16,17)(H,18,19)(H4,13,14,15)(H2,20,21,22)/b4-2-/t7-,8?/m0/s1. The van der Waals surface area contributed by atoms with Crippen LogP contribution in [0.4, 0.5) is 0 Å². The molecule has 0 aromatic rings. The highest BCUT2D eigenvalue weighted by atomic mass is 31.2. The lowest BCUT2D eigenvalue weighted by Crippen LogP contribution is -2.47. The normalized spacial score (nSPS) is 14.2. The number of carbonyl (C=O) groups excluding carboxylic acids is 1. The highest BCUT2D eigenvalue weighted by Crippen LogP contribution is 2.33. The van der Waals surface area contributed by atoms with Crippen LogP contribution in [-0.4, -0.2) is 57.5 Å². The van der Waals surface area contributed by atoms with Crippen molar-refractivity contribution in [3.63, 3.8) is 0 Å². The molecule has 10 N–H and O–H groups in total. The number of hydrogen-bond donors (Lipinski definition) is 7. The van der Waals surface area contributed by atoms with E-state index in [4.69, 9.17) is 32.1 Å². The molecule has 132 valence electrons. The fourth-order valence-corrected chi connectivity index (χ4v) is 1.83. The number of aliphatic imine (C=N–C) groups is 1. The molecule has 12 heteroatoms. The van der Waals surface area contributed by atoms with E-state index in [1.165, 1.54) is 0 Å². The molecule has 0 aliphatic heterocycles. The van der Waals surface area contributed by atoms with Gasteiger partial charge in [-0.15, -0.1) is 0 Å². The summed E-state index contributed by atoms with van der Waals surface area (Å²) < 4.78 is 10.7. The Bertz CT molecular complexity index is 513. The van der Waals surface area contributed by atoms with Gasteiger partial charge in [0.2, 0.25) is 5.91 Å². The van der Waals surface area contributed by atoms with E-state index in [1.807, 2.05) is 0 Å². The second-order valence-electron chi connectivity index (χ2n) is 4.66. The number of allylic oxidation sites excluding steroid dienone is 1. The first kappa shape index (κ1) is 21.1. The number of hydrogen-bond acceptors (Lipinski definition) is 5. The van der Waals surface area contributed by atoms with Crippen molar-refractivity contribution in [3.8, 4) is 0 Å². The van der Waals surface area contributed by atoms with Gasteiger partial charge in [-0.2, -0.15) is 0 Å². The van der Waals surface area contributed by atoms with Crippen molar-refractivity contribution in [1.29, 1.82) is 0 Å². The number of aliphatic carboxylic acids is 1. The molecule has 0 aromatic heterocycles. The van der Waals surface area contributed by atoms with E-state index in [2.05, 4.69) is 10.3 Å². The van der Waals surface area contributed by atoms with Crippen LogP contribution in [0.1, 0.15) is 12.8 Å². The molecule has 2 atom stereocenters. The monoisotopic (exact) mass is 351 g/mol. The molecule has 0 aromatic carbocycles. The molecular weight excluding hydrogens is 329 g/mol. The maximum absolute atomic E-state index is 11.8. The number of carbonyl (C=O) groups is 2. The van der Waals surface area contributed by atoms with E-state index in [0.29, 0.717) is 6.42 Å². The molecule has 0 bridgehead atoms. The molecule has 23 heavy (non-hydrogen) atoms. The van der Waals surface area contributed by atoms with Crippen molar-refractivity contribution in [3.05, 3.63) is 12.2 Å². The number of amides is 1. The van der Waals surface area contributed by atoms with Crippen molar-refractivity contribution in [2.75, 3.05) is 12.7 Å². The van der Waals surface area contributed by atoms with Crippen LogP contribution in [0.5, 0.6) is 0 Å². The summed E-state index contributed by atoms with van der Waals surface area (Å²) >= 11 is 0.